The number of hydrogen-bond donors (Lipinski definition) is 1. The number of nitrogens with one attached hydrogen (secondary N) is 2. The molecule has 0 amide bonds. The number of rotatable bonds is 4. The fourth-order valence-electron chi connectivity index (χ4n) is 1.80. The number of H-pyrrole nitrogens is 1. The molecular weight excluding hydrogens is 362 g/mol. The van der Waals surface area contributed by atoms with Gasteiger partial charge in [0.2, 0.25) is 0 Å². The molecule has 9 nitrogen and oxygen atoms in total. The first kappa shape index (κ1) is 19.4. The maximum absolute atomic E-state index is 8.49. The second kappa shape index (κ2) is 9.51. The van der Waals surface area contributed by atoms with Crippen LogP contribution in [0.5, 0.6) is 0 Å². The third-order valence-electron chi connectivity index (χ3n) is 2.79. The zero-order valence-electron chi connectivity index (χ0n) is 13.3. The summed E-state index contributed by atoms with van der Waals surface area (Å²) >= 11 is 0. The van der Waals surface area contributed by atoms with Gasteiger partial charge in [-0.15, -0.1) is 20.5 Å². The SMILES string of the molecule is [O-][Cl+3]([O-])([O-])[O-].c1ccc(N=Nc2ccccc2Nc2cccc[nH+]2)nc1. The molecule has 3 aromatic rings. The van der Waals surface area contributed by atoms with E-state index in [1.165, 1.54) is 0 Å². The van der Waals surface area contributed by atoms with E-state index in [0.717, 1.165) is 17.2 Å². The van der Waals surface area contributed by atoms with Crippen molar-refractivity contribution in [3.63, 3.8) is 0 Å². The number of hydrogen-bond acceptors (Lipinski definition) is 8. The van der Waals surface area contributed by atoms with Crippen LogP contribution in [0, 0.1) is 10.2 Å². The van der Waals surface area contributed by atoms with E-state index in [9.17, 15) is 0 Å². The fraction of sp³-hybridized carbons (Fsp3) is 0. The number of azo groups is 1. The maximum atomic E-state index is 8.49. The molecule has 0 fully saturated rings. The molecule has 0 aliphatic rings. The predicted octanol–water partition coefficient (Wildman–Crippen LogP) is -0.701. The Balaban J connectivity index is 0.000000431. The third-order valence-corrected chi connectivity index (χ3v) is 2.79. The Labute approximate surface area is 151 Å². The van der Waals surface area contributed by atoms with Gasteiger partial charge in [0, 0.05) is 12.3 Å². The molecule has 0 aliphatic carbocycles. The zero-order chi connectivity index (χ0) is 18.8. The summed E-state index contributed by atoms with van der Waals surface area (Å²) in [5.74, 6) is 1.47. The van der Waals surface area contributed by atoms with Crippen molar-refractivity contribution in [2.45, 2.75) is 0 Å². The molecule has 0 bridgehead atoms. The van der Waals surface area contributed by atoms with Gasteiger partial charge in [0.25, 0.3) is 5.82 Å². The van der Waals surface area contributed by atoms with Gasteiger partial charge in [-0.25, -0.2) is 33.9 Å². The minimum absolute atomic E-state index is 0.582. The average molecular weight is 376 g/mol. The molecule has 0 saturated heterocycles. The maximum Gasteiger partial charge on any atom is 0.277 e. The Morgan fingerprint density at radius 1 is 0.846 bits per heavy atom. The molecule has 0 aliphatic heterocycles. The summed E-state index contributed by atoms with van der Waals surface area (Å²) in [7, 11) is -4.94. The topological polar surface area (TPSA) is 156 Å². The van der Waals surface area contributed by atoms with Crippen LogP contribution in [0.2, 0.25) is 0 Å². The van der Waals surface area contributed by atoms with Crippen molar-refractivity contribution in [2.75, 3.05) is 5.32 Å². The van der Waals surface area contributed by atoms with Crippen molar-refractivity contribution < 1.29 is 33.9 Å². The van der Waals surface area contributed by atoms with Gasteiger partial charge in [-0.2, -0.15) is 0 Å². The standard InChI is InChI=1S/C16H13N5.ClHO4/c1-2-8-14(20-21-16-10-4-6-12-18-16)13(7-1)19-15-9-3-5-11-17-15;2-1(3,4)5/h1-12H,(H,17,19);(H,2,3,4,5). The van der Waals surface area contributed by atoms with Crippen molar-refractivity contribution in [3.8, 4) is 0 Å². The van der Waals surface area contributed by atoms with Crippen molar-refractivity contribution in [1.29, 1.82) is 0 Å². The minimum Gasteiger partial charge on any atom is -0.248 e. The van der Waals surface area contributed by atoms with E-state index in [4.69, 9.17) is 18.6 Å². The van der Waals surface area contributed by atoms with Crippen LogP contribution in [0.1, 0.15) is 0 Å². The first-order valence-corrected chi connectivity index (χ1v) is 8.42. The molecule has 2 N–H and O–H groups in total. The number of pyridine rings is 2. The lowest BCUT2D eigenvalue weighted by Crippen LogP contribution is -2.68. The van der Waals surface area contributed by atoms with E-state index < -0.39 is 10.2 Å². The molecular formula is C16H14ClN5O4. The second-order valence-electron chi connectivity index (χ2n) is 4.68. The van der Waals surface area contributed by atoms with E-state index in [0.29, 0.717) is 5.82 Å². The Kier molecular flexibility index (Phi) is 7.09. The predicted molar refractivity (Wildman–Crippen MR) is 81.1 cm³/mol. The highest BCUT2D eigenvalue weighted by Crippen LogP contribution is 2.27. The van der Waals surface area contributed by atoms with Crippen molar-refractivity contribution in [1.82, 2.24) is 4.98 Å². The van der Waals surface area contributed by atoms with Crippen LogP contribution in [0.3, 0.4) is 0 Å². The van der Waals surface area contributed by atoms with Crippen molar-refractivity contribution >= 4 is 23.0 Å². The lowest BCUT2D eigenvalue weighted by Gasteiger charge is -2.17. The lowest BCUT2D eigenvalue weighted by atomic mass is 10.2. The molecule has 0 spiro atoms. The molecule has 26 heavy (non-hydrogen) atoms. The van der Waals surface area contributed by atoms with E-state index in [1.54, 1.807) is 6.20 Å². The fourth-order valence-corrected chi connectivity index (χ4v) is 1.80. The Bertz CT molecular complexity index is 823. The van der Waals surface area contributed by atoms with Crippen molar-refractivity contribution in [2.24, 2.45) is 10.2 Å². The summed E-state index contributed by atoms with van der Waals surface area (Å²) in [6.45, 7) is 0. The average Bonchev–Trinajstić information content (AvgIpc) is 2.61. The second-order valence-corrected chi connectivity index (χ2v) is 5.44. The molecule has 10 heteroatoms. The first-order chi connectivity index (χ1) is 12.4. The van der Waals surface area contributed by atoms with Gasteiger partial charge in [-0.05, 0) is 30.3 Å². The Morgan fingerprint density at radius 3 is 2.19 bits per heavy atom. The van der Waals surface area contributed by atoms with E-state index in [1.807, 2.05) is 66.9 Å². The summed E-state index contributed by atoms with van der Waals surface area (Å²) in [5, 5.41) is 11.7. The van der Waals surface area contributed by atoms with E-state index >= 15 is 0 Å². The van der Waals surface area contributed by atoms with Gasteiger partial charge in [0.05, 0.1) is 6.20 Å². The van der Waals surface area contributed by atoms with Crippen LogP contribution in [0.15, 0.2) is 83.3 Å². The van der Waals surface area contributed by atoms with Gasteiger partial charge in [0.15, 0.2) is 11.5 Å². The molecule has 0 radical (unpaired) electrons. The first-order valence-electron chi connectivity index (χ1n) is 7.19. The van der Waals surface area contributed by atoms with Crippen LogP contribution in [0.4, 0.5) is 23.0 Å². The van der Waals surface area contributed by atoms with Crippen LogP contribution < -0.4 is 28.9 Å². The Morgan fingerprint density at radius 2 is 1.54 bits per heavy atom. The van der Waals surface area contributed by atoms with Crippen LogP contribution >= 0.6 is 0 Å². The number of benzene rings is 1. The summed E-state index contributed by atoms with van der Waals surface area (Å²) in [4.78, 5) is 7.24. The highest BCUT2D eigenvalue weighted by Gasteiger charge is 2.07. The van der Waals surface area contributed by atoms with Gasteiger partial charge in [0.1, 0.15) is 5.69 Å². The van der Waals surface area contributed by atoms with Gasteiger partial charge >= 0.3 is 0 Å². The smallest absolute Gasteiger partial charge is 0.248 e. The number of nitrogens with zero attached hydrogens (tertiary/aromatic N) is 3. The van der Waals surface area contributed by atoms with Crippen LogP contribution in [-0.4, -0.2) is 4.98 Å². The van der Waals surface area contributed by atoms with Gasteiger partial charge in [-0.1, -0.05) is 24.3 Å². The number of anilines is 2. The minimum atomic E-state index is -4.94. The molecule has 0 atom stereocenters. The largest absolute Gasteiger partial charge is 0.277 e. The zero-order valence-corrected chi connectivity index (χ0v) is 14.0. The highest BCUT2D eigenvalue weighted by molar-refractivity contribution is 5.69. The van der Waals surface area contributed by atoms with E-state index in [-0.39, 0.29) is 0 Å². The monoisotopic (exact) mass is 375 g/mol. The third kappa shape index (κ3) is 7.75. The summed E-state index contributed by atoms with van der Waals surface area (Å²) in [6.07, 6.45) is 3.55. The summed E-state index contributed by atoms with van der Waals surface area (Å²) in [6, 6.07) is 19.1. The number of halogens is 1. The number of aromatic nitrogens is 2. The van der Waals surface area contributed by atoms with E-state index in [2.05, 4.69) is 25.5 Å². The van der Waals surface area contributed by atoms with Crippen molar-refractivity contribution in [3.05, 3.63) is 73.1 Å². The molecule has 0 unspecified atom stereocenters. The Hall–Kier alpha value is -2.95. The number of para-hydroxylation sites is 1. The normalized spacial score (nSPS) is 10.9. The number of aromatic amines is 1. The lowest BCUT2D eigenvalue weighted by molar-refractivity contribution is -2.00. The molecule has 1 aromatic carbocycles. The molecule has 134 valence electrons. The quantitative estimate of drug-likeness (QED) is 0.594. The van der Waals surface area contributed by atoms with Gasteiger partial charge < -0.3 is 0 Å². The molecule has 2 heterocycles. The van der Waals surface area contributed by atoms with Gasteiger partial charge in [-0.3, -0.25) is 0 Å². The molecule has 0 saturated carbocycles. The summed E-state index contributed by atoms with van der Waals surface area (Å²) < 4.78 is 34.0. The van der Waals surface area contributed by atoms with Crippen LogP contribution in [0.25, 0.3) is 0 Å². The van der Waals surface area contributed by atoms with Crippen LogP contribution in [-0.2, 0) is 0 Å². The molecule has 3 rings (SSSR count). The highest BCUT2D eigenvalue weighted by atomic mass is 35.7. The molecule has 2 aromatic heterocycles. The summed E-state index contributed by atoms with van der Waals surface area (Å²) in [5.41, 5.74) is 1.63.